The summed E-state index contributed by atoms with van der Waals surface area (Å²) in [5.41, 5.74) is 12.6. The number of fused-ring (bicyclic) bond motifs is 14. The zero-order valence-electron chi connectivity index (χ0n) is 31.7. The van der Waals surface area contributed by atoms with Gasteiger partial charge in [0.25, 0.3) is 0 Å². The number of hydrogen-bond donors (Lipinski definition) is 0. The summed E-state index contributed by atoms with van der Waals surface area (Å²) in [6, 6.07) is 60.8. The number of rotatable bonds is 3. The summed E-state index contributed by atoms with van der Waals surface area (Å²) >= 11 is 1.89. The van der Waals surface area contributed by atoms with Crippen LogP contribution in [0.5, 0.6) is 5.75 Å². The first-order valence-electron chi connectivity index (χ1n) is 20.5. The van der Waals surface area contributed by atoms with Crippen LogP contribution in [0, 0.1) is 5.92 Å². The second-order valence-electron chi connectivity index (χ2n) is 16.2. The highest BCUT2D eigenvalue weighted by atomic mass is 32.1. The van der Waals surface area contributed by atoms with Crippen molar-refractivity contribution in [3.05, 3.63) is 215 Å². The van der Waals surface area contributed by atoms with E-state index in [1.807, 2.05) is 11.3 Å². The Morgan fingerprint density at radius 2 is 1.40 bits per heavy atom. The van der Waals surface area contributed by atoms with Crippen LogP contribution < -0.4 is 15.3 Å². The molecule has 1 spiro atoms. The minimum atomic E-state index is -0.328. The van der Waals surface area contributed by atoms with Crippen molar-refractivity contribution in [1.29, 1.82) is 0 Å². The molecule has 3 heteroatoms. The predicted octanol–water partition coefficient (Wildman–Crippen LogP) is 12.6. The molecule has 58 heavy (non-hydrogen) atoms. The number of nitrogens with zero attached hydrogens (tertiary/aromatic N) is 1. The summed E-state index contributed by atoms with van der Waals surface area (Å²) < 4.78 is 11.9. The van der Waals surface area contributed by atoms with Gasteiger partial charge < -0.3 is 9.30 Å². The quantitative estimate of drug-likeness (QED) is 0.175. The zero-order chi connectivity index (χ0) is 38.0. The molecule has 2 nitrogen and oxygen atoms in total. The van der Waals surface area contributed by atoms with Crippen LogP contribution in [0.3, 0.4) is 0 Å². The molecule has 13 rings (SSSR count). The van der Waals surface area contributed by atoms with Crippen LogP contribution in [0.15, 0.2) is 187 Å². The predicted molar refractivity (Wildman–Crippen MR) is 241 cm³/mol. The van der Waals surface area contributed by atoms with Gasteiger partial charge in [0, 0.05) is 53.9 Å². The van der Waals surface area contributed by atoms with Crippen LogP contribution >= 0.6 is 11.3 Å². The Morgan fingerprint density at radius 3 is 2.34 bits per heavy atom. The highest BCUT2D eigenvalue weighted by Crippen LogP contribution is 2.64. The van der Waals surface area contributed by atoms with Crippen LogP contribution in [0.4, 0.5) is 0 Å². The summed E-state index contributed by atoms with van der Waals surface area (Å²) in [5, 5.41) is 6.54. The van der Waals surface area contributed by atoms with Gasteiger partial charge in [0.05, 0.1) is 16.3 Å². The molecule has 0 saturated heterocycles. The van der Waals surface area contributed by atoms with Gasteiger partial charge in [-0.15, -0.1) is 11.3 Å². The number of hydrogen-bond acceptors (Lipinski definition) is 2. The molecule has 3 aliphatic carbocycles. The molecule has 0 fully saturated rings. The summed E-state index contributed by atoms with van der Waals surface area (Å²) in [4.78, 5) is 0. The van der Waals surface area contributed by atoms with Gasteiger partial charge in [-0.05, 0) is 100 Å². The van der Waals surface area contributed by atoms with Crippen molar-refractivity contribution in [3.8, 4) is 33.7 Å². The number of thiophene rings is 1. The van der Waals surface area contributed by atoms with Gasteiger partial charge in [-0.1, -0.05) is 140 Å². The first kappa shape index (κ1) is 32.4. The van der Waals surface area contributed by atoms with E-state index < -0.39 is 0 Å². The van der Waals surface area contributed by atoms with Gasteiger partial charge >= 0.3 is 0 Å². The van der Waals surface area contributed by atoms with Crippen molar-refractivity contribution in [2.45, 2.75) is 24.2 Å². The minimum Gasteiger partial charge on any atom is -0.457 e. The second-order valence-corrected chi connectivity index (χ2v) is 17.3. The maximum Gasteiger partial charge on any atom is 0.131 e. The maximum atomic E-state index is 6.72. The van der Waals surface area contributed by atoms with Gasteiger partial charge in [-0.25, -0.2) is 0 Å². The lowest BCUT2D eigenvalue weighted by molar-refractivity contribution is 0.346. The van der Waals surface area contributed by atoms with Crippen LogP contribution in [-0.4, -0.2) is 4.57 Å². The van der Waals surface area contributed by atoms with Gasteiger partial charge in [0.15, 0.2) is 0 Å². The Labute approximate surface area is 340 Å². The standard InChI is InChI=1S/C55H37NOS/c1-2-16-37(17-3-1)56-49-29-28-35(34-14-12-15-36(30-34)38-20-13-21-41-40-19-5-11-27-53(40)58-54(38)41)31-43(49)44-32-42-39-18-4-6-22-45(39)55(48(42)33-50(44)56)46-23-7-9-25-51(46)57-52-26-10-8-24-47(52)55/h1-7,9-23,25-33,42,48H,8,24H2. The fourth-order valence-corrected chi connectivity index (χ4v) is 12.3. The molecule has 4 aliphatic rings. The van der Waals surface area contributed by atoms with Crippen molar-refractivity contribution < 1.29 is 4.74 Å². The van der Waals surface area contributed by atoms with Gasteiger partial charge in [0.1, 0.15) is 11.5 Å². The number of benzene rings is 7. The molecule has 3 heterocycles. The average molecular weight is 760 g/mol. The molecule has 3 unspecified atom stereocenters. The summed E-state index contributed by atoms with van der Waals surface area (Å²) in [5.74, 6) is 2.39. The van der Waals surface area contributed by atoms with Crippen LogP contribution in [-0.2, 0) is 5.41 Å². The first-order valence-corrected chi connectivity index (χ1v) is 21.3. The molecule has 274 valence electrons. The van der Waals surface area contributed by atoms with Crippen molar-refractivity contribution >= 4 is 54.6 Å². The highest BCUT2D eigenvalue weighted by molar-refractivity contribution is 7.26. The van der Waals surface area contributed by atoms with Crippen molar-refractivity contribution in [1.82, 2.24) is 4.57 Å². The minimum absolute atomic E-state index is 0.179. The molecular weight excluding hydrogens is 723 g/mol. The average Bonchev–Trinajstić information content (AvgIpc) is 3.92. The fourth-order valence-electron chi connectivity index (χ4n) is 11.1. The highest BCUT2D eigenvalue weighted by Gasteiger charge is 2.57. The van der Waals surface area contributed by atoms with E-state index >= 15 is 0 Å². The lowest BCUT2D eigenvalue weighted by Gasteiger charge is -2.45. The lowest BCUT2D eigenvalue weighted by Crippen LogP contribution is -2.43. The molecule has 0 radical (unpaired) electrons. The fraction of sp³-hybridized carbons (Fsp3) is 0.0909. The molecule has 0 bridgehead atoms. The van der Waals surface area contributed by atoms with Crippen LogP contribution in [0.2, 0.25) is 0 Å². The monoisotopic (exact) mass is 759 g/mol. The number of para-hydroxylation sites is 2. The summed E-state index contributed by atoms with van der Waals surface area (Å²) in [6.07, 6.45) is 11.8. The first-order chi connectivity index (χ1) is 28.8. The Bertz CT molecular complexity index is 3400. The van der Waals surface area contributed by atoms with Crippen molar-refractivity contribution in [2.24, 2.45) is 5.92 Å². The molecule has 0 N–H and O–H groups in total. The van der Waals surface area contributed by atoms with E-state index in [2.05, 4.69) is 193 Å². The number of aromatic nitrogens is 1. The Hall–Kier alpha value is -6.68. The Balaban J connectivity index is 1.05. The van der Waals surface area contributed by atoms with E-state index in [0.717, 1.165) is 24.4 Å². The van der Waals surface area contributed by atoms with E-state index in [1.54, 1.807) is 0 Å². The summed E-state index contributed by atoms with van der Waals surface area (Å²) in [7, 11) is 0. The maximum absolute atomic E-state index is 6.72. The molecule has 9 aromatic rings. The van der Waals surface area contributed by atoms with Crippen molar-refractivity contribution in [3.63, 3.8) is 0 Å². The second kappa shape index (κ2) is 12.2. The number of ether oxygens (including phenoxy) is 1. The Kier molecular flexibility index (Phi) is 6.80. The lowest BCUT2D eigenvalue weighted by atomic mass is 9.60. The van der Waals surface area contributed by atoms with Crippen LogP contribution in [0.1, 0.15) is 35.4 Å². The normalized spacial score (nSPS) is 19.9. The van der Waals surface area contributed by atoms with Gasteiger partial charge in [-0.3, -0.25) is 0 Å². The molecule has 0 amide bonds. The Morgan fingerprint density at radius 1 is 0.621 bits per heavy atom. The van der Waals surface area contributed by atoms with E-state index in [-0.39, 0.29) is 17.3 Å². The topological polar surface area (TPSA) is 14.2 Å². The van der Waals surface area contributed by atoms with E-state index in [9.17, 15) is 0 Å². The molecule has 3 atom stereocenters. The number of allylic oxidation sites excluding steroid dienone is 3. The third-order valence-corrected chi connectivity index (χ3v) is 14.6. The van der Waals surface area contributed by atoms with E-state index in [4.69, 9.17) is 4.74 Å². The summed E-state index contributed by atoms with van der Waals surface area (Å²) in [6.45, 7) is 0. The van der Waals surface area contributed by atoms with Crippen LogP contribution in [0.25, 0.3) is 71.2 Å². The molecular formula is C55H37NOS. The molecule has 7 aromatic carbocycles. The SMILES string of the molecule is C1=CC2=C(CC1)C1(c3ccccc3O2)c2ccccc2C2C=c3c(n(-c4ccccc4)c4ccc(-c5cccc(-c6cccc7c6sc6ccccc67)c5)cc34)=CC21. The van der Waals surface area contributed by atoms with Gasteiger partial charge in [-0.2, -0.15) is 0 Å². The third kappa shape index (κ3) is 4.37. The smallest absolute Gasteiger partial charge is 0.131 e. The van der Waals surface area contributed by atoms with Crippen molar-refractivity contribution in [2.75, 3.05) is 0 Å². The molecule has 1 aliphatic heterocycles. The van der Waals surface area contributed by atoms with E-state index in [1.165, 1.54) is 91.8 Å². The zero-order valence-corrected chi connectivity index (χ0v) is 32.5. The van der Waals surface area contributed by atoms with Gasteiger partial charge in [0.2, 0.25) is 0 Å². The third-order valence-electron chi connectivity index (χ3n) is 13.4. The largest absolute Gasteiger partial charge is 0.457 e. The molecule has 2 aromatic heterocycles. The molecule has 0 saturated carbocycles. The van der Waals surface area contributed by atoms with E-state index in [0.29, 0.717) is 0 Å².